The van der Waals surface area contributed by atoms with E-state index >= 15 is 0 Å². The highest BCUT2D eigenvalue weighted by Gasteiger charge is 2.28. The number of nitrogens with zero attached hydrogens (tertiary/aromatic N) is 1. The number of hydrogen-bond donors (Lipinski definition) is 1. The van der Waals surface area contributed by atoms with Gasteiger partial charge in [-0.25, -0.2) is 0 Å². The molecule has 2 aliphatic rings. The highest BCUT2D eigenvalue weighted by Crippen LogP contribution is 2.18. The van der Waals surface area contributed by atoms with Gasteiger partial charge in [0, 0.05) is 32.0 Å². The van der Waals surface area contributed by atoms with Crippen LogP contribution < -0.4 is 5.32 Å². The molecule has 4 nitrogen and oxygen atoms in total. The number of carbonyl (C=O) groups is 1. The number of ether oxygens (including phenoxy) is 1. The highest BCUT2D eigenvalue weighted by atomic mass is 16.5. The van der Waals surface area contributed by atoms with Crippen LogP contribution in [0.3, 0.4) is 0 Å². The summed E-state index contributed by atoms with van der Waals surface area (Å²) in [6.45, 7) is 4.47. The van der Waals surface area contributed by atoms with Crippen LogP contribution in [0.4, 0.5) is 0 Å². The number of likely N-dealkylation sites (tertiary alicyclic amines) is 1. The fraction of sp³-hybridized carbons (Fsp3) is 0.909. The normalized spacial score (nSPS) is 33.1. The summed E-state index contributed by atoms with van der Waals surface area (Å²) in [6, 6.07) is 0. The Balaban J connectivity index is 1.76. The molecule has 2 fully saturated rings. The molecule has 2 atom stereocenters. The first-order chi connectivity index (χ1) is 7.25. The third kappa shape index (κ3) is 3.00. The summed E-state index contributed by atoms with van der Waals surface area (Å²) in [4.78, 5) is 14.1. The average Bonchev–Trinajstić information content (AvgIpc) is 2.66. The smallest absolute Gasteiger partial charge is 0.139 e. The molecule has 2 heterocycles. The maximum absolute atomic E-state index is 11.9. The van der Waals surface area contributed by atoms with Crippen molar-refractivity contribution in [1.29, 1.82) is 0 Å². The Morgan fingerprint density at radius 1 is 1.60 bits per heavy atom. The molecule has 1 N–H and O–H groups in total. The van der Waals surface area contributed by atoms with Crippen molar-refractivity contribution < 1.29 is 9.53 Å². The van der Waals surface area contributed by atoms with E-state index < -0.39 is 0 Å². The molecule has 0 saturated carbocycles. The van der Waals surface area contributed by atoms with E-state index in [2.05, 4.69) is 17.3 Å². The Bertz CT molecular complexity index is 227. The molecule has 2 saturated heterocycles. The summed E-state index contributed by atoms with van der Waals surface area (Å²) in [5.74, 6) is 0.633. The first-order valence-electron chi connectivity index (χ1n) is 5.79. The van der Waals surface area contributed by atoms with Crippen LogP contribution in [-0.2, 0) is 9.53 Å². The lowest BCUT2D eigenvalue weighted by atomic mass is 9.98. The van der Waals surface area contributed by atoms with E-state index in [1.54, 1.807) is 0 Å². The average molecular weight is 212 g/mol. The summed E-state index contributed by atoms with van der Waals surface area (Å²) in [5.41, 5.74) is 0. The zero-order valence-corrected chi connectivity index (χ0v) is 9.37. The molecule has 2 unspecified atom stereocenters. The summed E-state index contributed by atoms with van der Waals surface area (Å²) in [5, 5.41) is 3.25. The third-order valence-electron chi connectivity index (χ3n) is 3.28. The van der Waals surface area contributed by atoms with Crippen molar-refractivity contribution in [2.24, 2.45) is 5.92 Å². The molecule has 15 heavy (non-hydrogen) atoms. The Morgan fingerprint density at radius 2 is 2.47 bits per heavy atom. The number of ketones is 1. The highest BCUT2D eigenvalue weighted by molar-refractivity contribution is 5.82. The Hall–Kier alpha value is -0.450. The van der Waals surface area contributed by atoms with Crippen LogP contribution in [0.15, 0.2) is 0 Å². The standard InChI is InChI=1S/C11H20N2O2/c1-13-4-2-9(8-13)11(14)6-10-7-12-3-5-15-10/h9-10,12H,2-8H2,1H3. The van der Waals surface area contributed by atoms with Crippen molar-refractivity contribution in [3.8, 4) is 0 Å². The molecular formula is C11H20N2O2. The van der Waals surface area contributed by atoms with E-state index in [1.807, 2.05) is 0 Å². The van der Waals surface area contributed by atoms with Gasteiger partial charge in [0.1, 0.15) is 5.78 Å². The zero-order valence-electron chi connectivity index (χ0n) is 9.37. The van der Waals surface area contributed by atoms with Crippen molar-refractivity contribution in [2.45, 2.75) is 18.9 Å². The van der Waals surface area contributed by atoms with E-state index in [1.165, 1.54) is 0 Å². The molecule has 2 aliphatic heterocycles. The van der Waals surface area contributed by atoms with Gasteiger partial charge >= 0.3 is 0 Å². The molecule has 0 radical (unpaired) electrons. The Kier molecular flexibility index (Phi) is 3.72. The van der Waals surface area contributed by atoms with Gasteiger partial charge in [0.2, 0.25) is 0 Å². The van der Waals surface area contributed by atoms with Crippen molar-refractivity contribution in [3.63, 3.8) is 0 Å². The topological polar surface area (TPSA) is 41.6 Å². The Labute approximate surface area is 91.0 Å². The van der Waals surface area contributed by atoms with E-state index in [9.17, 15) is 4.79 Å². The minimum Gasteiger partial charge on any atom is -0.375 e. The zero-order chi connectivity index (χ0) is 10.7. The largest absolute Gasteiger partial charge is 0.375 e. The molecule has 2 rings (SSSR count). The van der Waals surface area contributed by atoms with Gasteiger partial charge < -0.3 is 15.0 Å². The third-order valence-corrected chi connectivity index (χ3v) is 3.28. The molecule has 0 aromatic rings. The lowest BCUT2D eigenvalue weighted by Crippen LogP contribution is -2.40. The van der Waals surface area contributed by atoms with Crippen LogP contribution in [0.1, 0.15) is 12.8 Å². The molecular weight excluding hydrogens is 192 g/mol. The van der Waals surface area contributed by atoms with Crippen molar-refractivity contribution in [1.82, 2.24) is 10.2 Å². The lowest BCUT2D eigenvalue weighted by molar-refractivity contribution is -0.125. The first kappa shape index (κ1) is 11.0. The molecule has 4 heteroatoms. The number of Topliss-reactive ketones (excluding diaryl/α,β-unsaturated/α-hetero) is 1. The molecule has 0 aromatic heterocycles. The minimum absolute atomic E-state index is 0.108. The first-order valence-corrected chi connectivity index (χ1v) is 5.79. The maximum atomic E-state index is 11.9. The van der Waals surface area contributed by atoms with Crippen LogP contribution in [0.2, 0.25) is 0 Å². The summed E-state index contributed by atoms with van der Waals surface area (Å²) in [6.07, 6.45) is 1.72. The van der Waals surface area contributed by atoms with Crippen LogP contribution in [-0.4, -0.2) is 56.6 Å². The van der Waals surface area contributed by atoms with Gasteiger partial charge in [-0.3, -0.25) is 4.79 Å². The number of hydrogen-bond acceptors (Lipinski definition) is 4. The number of carbonyl (C=O) groups excluding carboxylic acids is 1. The quantitative estimate of drug-likeness (QED) is 0.708. The van der Waals surface area contributed by atoms with Crippen LogP contribution >= 0.6 is 0 Å². The maximum Gasteiger partial charge on any atom is 0.139 e. The van der Waals surface area contributed by atoms with Gasteiger partial charge in [0.15, 0.2) is 0 Å². The summed E-state index contributed by atoms with van der Waals surface area (Å²) >= 11 is 0. The monoisotopic (exact) mass is 212 g/mol. The van der Waals surface area contributed by atoms with E-state index in [0.717, 1.165) is 39.2 Å². The fourth-order valence-corrected chi connectivity index (χ4v) is 2.34. The van der Waals surface area contributed by atoms with E-state index in [-0.39, 0.29) is 12.0 Å². The number of nitrogens with one attached hydrogen (secondary N) is 1. The second-order valence-corrected chi connectivity index (χ2v) is 4.62. The van der Waals surface area contributed by atoms with E-state index in [4.69, 9.17) is 4.74 Å². The van der Waals surface area contributed by atoms with Gasteiger partial charge in [-0.2, -0.15) is 0 Å². The predicted octanol–water partition coefficient (Wildman–Crippen LogP) is -0.114. The van der Waals surface area contributed by atoms with Crippen LogP contribution in [0.25, 0.3) is 0 Å². The SMILES string of the molecule is CN1CCC(C(=O)CC2CNCCO2)C1. The molecule has 0 aliphatic carbocycles. The number of rotatable bonds is 3. The minimum atomic E-state index is 0.108. The fourth-order valence-electron chi connectivity index (χ4n) is 2.34. The van der Waals surface area contributed by atoms with Crippen LogP contribution in [0, 0.1) is 5.92 Å². The molecule has 0 amide bonds. The predicted molar refractivity (Wildman–Crippen MR) is 57.8 cm³/mol. The van der Waals surface area contributed by atoms with Gasteiger partial charge in [-0.1, -0.05) is 0 Å². The summed E-state index contributed by atoms with van der Waals surface area (Å²) in [7, 11) is 2.08. The molecule has 86 valence electrons. The van der Waals surface area contributed by atoms with Crippen molar-refractivity contribution in [3.05, 3.63) is 0 Å². The van der Waals surface area contributed by atoms with Crippen molar-refractivity contribution in [2.75, 3.05) is 39.8 Å². The lowest BCUT2D eigenvalue weighted by Gasteiger charge is -2.23. The second kappa shape index (κ2) is 5.05. The van der Waals surface area contributed by atoms with E-state index in [0.29, 0.717) is 12.2 Å². The van der Waals surface area contributed by atoms with Gasteiger partial charge in [0.05, 0.1) is 12.7 Å². The number of morpholine rings is 1. The summed E-state index contributed by atoms with van der Waals surface area (Å²) < 4.78 is 5.54. The Morgan fingerprint density at radius 3 is 3.07 bits per heavy atom. The van der Waals surface area contributed by atoms with Gasteiger partial charge in [-0.15, -0.1) is 0 Å². The molecule has 0 spiro atoms. The molecule has 0 aromatic carbocycles. The van der Waals surface area contributed by atoms with Crippen LogP contribution in [0.5, 0.6) is 0 Å². The second-order valence-electron chi connectivity index (χ2n) is 4.62. The molecule has 0 bridgehead atoms. The van der Waals surface area contributed by atoms with Gasteiger partial charge in [-0.05, 0) is 20.0 Å². The van der Waals surface area contributed by atoms with Crippen molar-refractivity contribution >= 4 is 5.78 Å². The van der Waals surface area contributed by atoms with Gasteiger partial charge in [0.25, 0.3) is 0 Å².